The molecule has 0 heterocycles. The molecule has 0 atom stereocenters. The van der Waals surface area contributed by atoms with E-state index in [-0.39, 0.29) is 5.91 Å². The Balaban J connectivity index is 2.32. The molecule has 0 fully saturated rings. The molecular weight excluding hydrogens is 344 g/mol. The number of carbonyl (C=O) groups excluding carboxylic acids is 1. The van der Waals surface area contributed by atoms with Crippen LogP contribution >= 0.6 is 0 Å². The minimum atomic E-state index is -3.35. The van der Waals surface area contributed by atoms with Crippen molar-refractivity contribution in [2.45, 2.75) is 0 Å². The molecular formula is C17H20N2O5S. The predicted octanol–water partition coefficient (Wildman–Crippen LogP) is 2.35. The number of nitrogens with zero attached hydrogens (tertiary/aromatic N) is 1. The highest BCUT2D eigenvalue weighted by Gasteiger charge is 2.22. The van der Waals surface area contributed by atoms with Gasteiger partial charge >= 0.3 is 0 Å². The zero-order chi connectivity index (χ0) is 18.6. The molecule has 0 aliphatic carbocycles. The molecule has 0 radical (unpaired) electrons. The quantitative estimate of drug-likeness (QED) is 0.850. The van der Waals surface area contributed by atoms with E-state index in [1.165, 1.54) is 19.1 Å². The van der Waals surface area contributed by atoms with Crippen LogP contribution < -0.4 is 19.1 Å². The fourth-order valence-corrected chi connectivity index (χ4v) is 2.88. The Morgan fingerprint density at radius 2 is 1.52 bits per heavy atom. The maximum absolute atomic E-state index is 12.9. The van der Waals surface area contributed by atoms with E-state index in [2.05, 4.69) is 4.72 Å². The predicted molar refractivity (Wildman–Crippen MR) is 97.2 cm³/mol. The fraction of sp³-hybridized carbons (Fsp3) is 0.235. The summed E-state index contributed by atoms with van der Waals surface area (Å²) in [5.74, 6) is 0.510. The van der Waals surface area contributed by atoms with Crippen molar-refractivity contribution in [2.24, 2.45) is 0 Å². The van der Waals surface area contributed by atoms with E-state index in [1.807, 2.05) is 0 Å². The summed E-state index contributed by atoms with van der Waals surface area (Å²) >= 11 is 0. The zero-order valence-corrected chi connectivity index (χ0v) is 15.3. The molecule has 25 heavy (non-hydrogen) atoms. The van der Waals surface area contributed by atoms with Crippen LogP contribution in [0.2, 0.25) is 0 Å². The number of rotatable bonds is 6. The lowest BCUT2D eigenvalue weighted by molar-refractivity contribution is 0.0987. The van der Waals surface area contributed by atoms with Crippen LogP contribution in [0.1, 0.15) is 10.4 Å². The van der Waals surface area contributed by atoms with Crippen LogP contribution in [0.4, 0.5) is 11.4 Å². The van der Waals surface area contributed by atoms with Gasteiger partial charge in [0.1, 0.15) is 17.1 Å². The van der Waals surface area contributed by atoms with E-state index < -0.39 is 10.0 Å². The summed E-state index contributed by atoms with van der Waals surface area (Å²) < 4.78 is 35.4. The summed E-state index contributed by atoms with van der Waals surface area (Å²) in [5.41, 5.74) is 1.33. The fourth-order valence-electron chi connectivity index (χ4n) is 2.31. The summed E-state index contributed by atoms with van der Waals surface area (Å²) in [6.45, 7) is 0. The Labute approximate surface area is 147 Å². The van der Waals surface area contributed by atoms with Gasteiger partial charge in [0.25, 0.3) is 5.91 Å². The first-order valence-electron chi connectivity index (χ1n) is 7.33. The smallest absolute Gasteiger partial charge is 0.265 e. The molecule has 7 nitrogen and oxygen atoms in total. The van der Waals surface area contributed by atoms with Crippen LogP contribution in [0.5, 0.6) is 11.5 Å². The van der Waals surface area contributed by atoms with Crippen LogP contribution in [0, 0.1) is 0 Å². The molecule has 0 bridgehead atoms. The van der Waals surface area contributed by atoms with Crippen molar-refractivity contribution >= 4 is 27.3 Å². The standard InChI is InChI=1S/C17H20N2O5S/c1-19(13-10-8-12(9-11-13)18-25(4,21)22)17(20)16-14(23-2)6-5-7-15(16)24-3/h5-11,18H,1-4H3. The Morgan fingerprint density at radius 3 is 1.96 bits per heavy atom. The van der Waals surface area contributed by atoms with Crippen molar-refractivity contribution in [3.63, 3.8) is 0 Å². The highest BCUT2D eigenvalue weighted by molar-refractivity contribution is 7.92. The van der Waals surface area contributed by atoms with Crippen molar-refractivity contribution in [3.8, 4) is 11.5 Å². The minimum absolute atomic E-state index is 0.307. The first-order chi connectivity index (χ1) is 11.8. The summed E-state index contributed by atoms with van der Waals surface area (Å²) in [7, 11) is 1.23. The molecule has 134 valence electrons. The van der Waals surface area contributed by atoms with E-state index in [0.717, 1.165) is 6.26 Å². The maximum atomic E-state index is 12.9. The normalized spacial score (nSPS) is 10.9. The molecule has 0 spiro atoms. The lowest BCUT2D eigenvalue weighted by Gasteiger charge is -2.20. The molecule has 2 rings (SSSR count). The zero-order valence-electron chi connectivity index (χ0n) is 14.4. The number of hydrogen-bond donors (Lipinski definition) is 1. The number of nitrogens with one attached hydrogen (secondary N) is 1. The van der Waals surface area contributed by atoms with Gasteiger partial charge in [-0.15, -0.1) is 0 Å². The monoisotopic (exact) mass is 364 g/mol. The minimum Gasteiger partial charge on any atom is -0.496 e. The molecule has 0 aliphatic rings. The van der Waals surface area contributed by atoms with E-state index in [9.17, 15) is 13.2 Å². The summed E-state index contributed by atoms with van der Waals surface area (Å²) in [4.78, 5) is 14.3. The Kier molecular flexibility index (Phi) is 5.53. The lowest BCUT2D eigenvalue weighted by atomic mass is 10.1. The van der Waals surface area contributed by atoms with Gasteiger partial charge in [0.15, 0.2) is 0 Å². The van der Waals surface area contributed by atoms with Gasteiger partial charge in [0.05, 0.1) is 20.5 Å². The first kappa shape index (κ1) is 18.6. The first-order valence-corrected chi connectivity index (χ1v) is 9.23. The summed E-state index contributed by atoms with van der Waals surface area (Å²) in [6.07, 6.45) is 1.07. The van der Waals surface area contributed by atoms with Crippen LogP contribution in [0.3, 0.4) is 0 Å². The topological polar surface area (TPSA) is 84.9 Å². The highest BCUT2D eigenvalue weighted by atomic mass is 32.2. The molecule has 2 aromatic rings. The molecule has 1 N–H and O–H groups in total. The van der Waals surface area contributed by atoms with Crippen LogP contribution in [-0.4, -0.2) is 41.8 Å². The molecule has 0 aromatic heterocycles. The van der Waals surface area contributed by atoms with Crippen LogP contribution in [-0.2, 0) is 10.0 Å². The van der Waals surface area contributed by atoms with Crippen molar-refractivity contribution in [2.75, 3.05) is 37.1 Å². The maximum Gasteiger partial charge on any atom is 0.265 e. The average Bonchev–Trinajstić information content (AvgIpc) is 2.59. The van der Waals surface area contributed by atoms with Gasteiger partial charge in [0, 0.05) is 18.4 Å². The van der Waals surface area contributed by atoms with E-state index in [4.69, 9.17) is 9.47 Å². The summed E-state index contributed by atoms with van der Waals surface area (Å²) in [6, 6.07) is 11.6. The van der Waals surface area contributed by atoms with Crippen molar-refractivity contribution < 1.29 is 22.7 Å². The summed E-state index contributed by atoms with van der Waals surface area (Å²) in [5, 5.41) is 0. The van der Waals surface area contributed by atoms with Gasteiger partial charge in [-0.3, -0.25) is 9.52 Å². The number of benzene rings is 2. The van der Waals surface area contributed by atoms with Crippen molar-refractivity contribution in [1.82, 2.24) is 0 Å². The SMILES string of the molecule is COc1cccc(OC)c1C(=O)N(C)c1ccc(NS(C)(=O)=O)cc1. The van der Waals surface area contributed by atoms with Crippen molar-refractivity contribution in [3.05, 3.63) is 48.0 Å². The van der Waals surface area contributed by atoms with Gasteiger partial charge in [-0.2, -0.15) is 0 Å². The highest BCUT2D eigenvalue weighted by Crippen LogP contribution is 2.31. The average molecular weight is 364 g/mol. The second-order valence-corrected chi connectivity index (χ2v) is 7.07. The molecule has 0 aliphatic heterocycles. The Bertz CT molecular complexity index is 841. The number of hydrogen-bond acceptors (Lipinski definition) is 5. The van der Waals surface area contributed by atoms with Gasteiger partial charge in [-0.05, 0) is 36.4 Å². The van der Waals surface area contributed by atoms with E-state index in [0.29, 0.717) is 28.4 Å². The second-order valence-electron chi connectivity index (χ2n) is 5.32. The number of anilines is 2. The number of ether oxygens (including phenoxy) is 2. The Morgan fingerprint density at radius 1 is 1.00 bits per heavy atom. The number of carbonyl (C=O) groups is 1. The molecule has 1 amide bonds. The van der Waals surface area contributed by atoms with Crippen LogP contribution in [0.25, 0.3) is 0 Å². The third kappa shape index (κ3) is 4.42. The number of amides is 1. The van der Waals surface area contributed by atoms with E-state index >= 15 is 0 Å². The van der Waals surface area contributed by atoms with Gasteiger partial charge in [-0.1, -0.05) is 6.07 Å². The third-order valence-electron chi connectivity index (χ3n) is 3.50. The second kappa shape index (κ2) is 7.43. The van der Waals surface area contributed by atoms with Gasteiger partial charge in [-0.25, -0.2) is 8.42 Å². The largest absolute Gasteiger partial charge is 0.496 e. The van der Waals surface area contributed by atoms with Crippen molar-refractivity contribution in [1.29, 1.82) is 0 Å². The molecule has 8 heteroatoms. The number of sulfonamides is 1. The number of methoxy groups -OCH3 is 2. The molecule has 0 saturated heterocycles. The van der Waals surface area contributed by atoms with E-state index in [1.54, 1.807) is 49.5 Å². The van der Waals surface area contributed by atoms with Crippen LogP contribution in [0.15, 0.2) is 42.5 Å². The molecule has 2 aromatic carbocycles. The molecule has 0 saturated carbocycles. The lowest BCUT2D eigenvalue weighted by Crippen LogP contribution is -2.27. The van der Waals surface area contributed by atoms with Gasteiger partial charge < -0.3 is 14.4 Å². The Hall–Kier alpha value is -2.74. The van der Waals surface area contributed by atoms with Gasteiger partial charge in [0.2, 0.25) is 10.0 Å². The third-order valence-corrected chi connectivity index (χ3v) is 4.11. The molecule has 0 unspecified atom stereocenters.